The van der Waals surface area contributed by atoms with Gasteiger partial charge in [0.2, 0.25) is 0 Å². The maximum atomic E-state index is 8.92. The molecule has 0 bridgehead atoms. The summed E-state index contributed by atoms with van der Waals surface area (Å²) in [5.41, 5.74) is 1.19. The molecule has 0 aliphatic heterocycles. The van der Waals surface area contributed by atoms with Crippen LogP contribution in [0, 0.1) is 30.1 Å². The van der Waals surface area contributed by atoms with Crippen LogP contribution in [-0.4, -0.2) is 5.75 Å². The lowest BCUT2D eigenvalue weighted by Gasteiger charge is -2.11. The molecule has 0 aliphatic carbocycles. The quantitative estimate of drug-likeness (QED) is 0.765. The maximum Gasteiger partial charge on any atom is 0.116 e. The lowest BCUT2D eigenvalue weighted by atomic mass is 10.0. The maximum absolute atomic E-state index is 8.92. The highest BCUT2D eigenvalue weighted by Crippen LogP contribution is 2.21. The second-order valence-electron chi connectivity index (χ2n) is 4.02. The van der Waals surface area contributed by atoms with E-state index in [4.69, 9.17) is 9.68 Å². The summed E-state index contributed by atoms with van der Waals surface area (Å²) >= 11 is 1.77. The van der Waals surface area contributed by atoms with Crippen molar-refractivity contribution in [2.45, 2.75) is 26.5 Å². The van der Waals surface area contributed by atoms with Gasteiger partial charge in [-0.2, -0.15) is 17.0 Å². The minimum absolute atomic E-state index is 0.144. The van der Waals surface area contributed by atoms with E-state index in [0.29, 0.717) is 5.92 Å². The van der Waals surface area contributed by atoms with E-state index < -0.39 is 0 Å². The molecule has 1 aromatic rings. The average molecular weight is 223 g/mol. The highest BCUT2D eigenvalue weighted by atomic mass is 32.2. The van der Waals surface area contributed by atoms with Crippen molar-refractivity contribution in [2.24, 2.45) is 11.8 Å². The topological polar surface area (TPSA) is 36.9 Å². The molecule has 3 heteroatoms. The Morgan fingerprint density at radius 3 is 2.73 bits per heavy atom. The van der Waals surface area contributed by atoms with E-state index in [2.05, 4.69) is 19.9 Å². The first-order chi connectivity index (χ1) is 7.15. The molecule has 0 aromatic carbocycles. The predicted octanol–water partition coefficient (Wildman–Crippen LogP) is 3.62. The van der Waals surface area contributed by atoms with E-state index in [1.54, 1.807) is 18.0 Å². The average Bonchev–Trinajstić information content (AvgIpc) is 2.58. The fourth-order valence-electron chi connectivity index (χ4n) is 1.21. The van der Waals surface area contributed by atoms with Gasteiger partial charge in [-0.25, -0.2) is 0 Å². The molecule has 82 valence electrons. The summed E-state index contributed by atoms with van der Waals surface area (Å²) in [6.45, 7) is 6.22. The van der Waals surface area contributed by atoms with Crippen LogP contribution in [0.2, 0.25) is 0 Å². The van der Waals surface area contributed by atoms with Gasteiger partial charge >= 0.3 is 0 Å². The third-order valence-corrected chi connectivity index (χ3v) is 3.53. The molecular weight excluding hydrogens is 206 g/mol. The van der Waals surface area contributed by atoms with Crippen molar-refractivity contribution in [3.63, 3.8) is 0 Å². The van der Waals surface area contributed by atoms with E-state index in [9.17, 15) is 0 Å². The number of thioether (sulfide) groups is 1. The second kappa shape index (κ2) is 5.87. The standard InChI is InChI=1S/C12H17NOS/c1-9(2)11(6-13)7-15-8-12-10(3)4-5-14-12/h4-5,9,11H,7-8H2,1-3H3. The summed E-state index contributed by atoms with van der Waals surface area (Å²) in [4.78, 5) is 0. The van der Waals surface area contributed by atoms with Gasteiger partial charge in [-0.15, -0.1) is 0 Å². The summed E-state index contributed by atoms with van der Waals surface area (Å²) in [6, 6.07) is 4.32. The van der Waals surface area contributed by atoms with Gasteiger partial charge in [0.15, 0.2) is 0 Å². The first-order valence-electron chi connectivity index (χ1n) is 5.15. The Labute approximate surface area is 95.7 Å². The largest absolute Gasteiger partial charge is 0.468 e. The van der Waals surface area contributed by atoms with Crippen LogP contribution >= 0.6 is 11.8 Å². The minimum atomic E-state index is 0.144. The number of furan rings is 1. The number of nitrogens with zero attached hydrogens (tertiary/aromatic N) is 1. The first kappa shape index (κ1) is 12.2. The van der Waals surface area contributed by atoms with Gasteiger partial charge in [-0.3, -0.25) is 0 Å². The SMILES string of the molecule is Cc1ccoc1CSCC(C#N)C(C)C. The molecule has 15 heavy (non-hydrogen) atoms. The molecule has 1 unspecified atom stereocenters. The molecule has 2 nitrogen and oxygen atoms in total. The molecular formula is C12H17NOS. The van der Waals surface area contributed by atoms with Crippen LogP contribution in [0.15, 0.2) is 16.7 Å². The van der Waals surface area contributed by atoms with Crippen molar-refractivity contribution < 1.29 is 4.42 Å². The Morgan fingerprint density at radius 1 is 1.53 bits per heavy atom. The predicted molar refractivity (Wildman–Crippen MR) is 63.5 cm³/mol. The Balaban J connectivity index is 2.34. The molecule has 1 aromatic heterocycles. The number of nitriles is 1. The molecule has 0 N–H and O–H groups in total. The second-order valence-corrected chi connectivity index (χ2v) is 5.05. The van der Waals surface area contributed by atoms with Crippen molar-refractivity contribution in [1.29, 1.82) is 5.26 Å². The van der Waals surface area contributed by atoms with Gasteiger partial charge in [0.05, 0.1) is 24.0 Å². The van der Waals surface area contributed by atoms with Crippen molar-refractivity contribution in [3.8, 4) is 6.07 Å². The van der Waals surface area contributed by atoms with Crippen LogP contribution in [0.25, 0.3) is 0 Å². The van der Waals surface area contributed by atoms with Crippen LogP contribution in [-0.2, 0) is 5.75 Å². The smallest absolute Gasteiger partial charge is 0.116 e. The summed E-state index contributed by atoms with van der Waals surface area (Å²) in [6.07, 6.45) is 1.72. The van der Waals surface area contributed by atoms with Gasteiger partial charge in [-0.05, 0) is 24.5 Å². The van der Waals surface area contributed by atoms with Gasteiger partial charge < -0.3 is 4.42 Å². The van der Waals surface area contributed by atoms with Crippen molar-refractivity contribution >= 4 is 11.8 Å². The highest BCUT2D eigenvalue weighted by molar-refractivity contribution is 7.98. The Hall–Kier alpha value is -0.880. The van der Waals surface area contributed by atoms with E-state index in [0.717, 1.165) is 17.3 Å². The van der Waals surface area contributed by atoms with Gasteiger partial charge in [0, 0.05) is 5.75 Å². The Bertz CT molecular complexity index is 338. The van der Waals surface area contributed by atoms with Crippen LogP contribution in [0.3, 0.4) is 0 Å². The minimum Gasteiger partial charge on any atom is -0.468 e. The van der Waals surface area contributed by atoms with Crippen LogP contribution in [0.5, 0.6) is 0 Å². The van der Waals surface area contributed by atoms with E-state index in [-0.39, 0.29) is 5.92 Å². The normalized spacial score (nSPS) is 12.7. The summed E-state index contributed by atoms with van der Waals surface area (Å²) in [5.74, 6) is 3.35. The third-order valence-electron chi connectivity index (χ3n) is 2.47. The zero-order chi connectivity index (χ0) is 11.3. The molecule has 1 atom stereocenters. The first-order valence-corrected chi connectivity index (χ1v) is 6.31. The van der Waals surface area contributed by atoms with Crippen molar-refractivity contribution in [2.75, 3.05) is 5.75 Å². The Kier molecular flexibility index (Phi) is 4.77. The lowest BCUT2D eigenvalue weighted by molar-refractivity contribution is 0.517. The molecule has 1 heterocycles. The van der Waals surface area contributed by atoms with Crippen LogP contribution in [0.1, 0.15) is 25.2 Å². The van der Waals surface area contributed by atoms with Crippen molar-refractivity contribution in [1.82, 2.24) is 0 Å². The Morgan fingerprint density at radius 2 is 2.27 bits per heavy atom. The fourth-order valence-corrected chi connectivity index (χ4v) is 2.52. The molecule has 1 rings (SSSR count). The molecule has 0 saturated carbocycles. The van der Waals surface area contributed by atoms with E-state index in [1.807, 2.05) is 13.0 Å². The van der Waals surface area contributed by atoms with Gasteiger partial charge in [0.25, 0.3) is 0 Å². The summed E-state index contributed by atoms with van der Waals surface area (Å²) < 4.78 is 5.34. The monoisotopic (exact) mass is 223 g/mol. The highest BCUT2D eigenvalue weighted by Gasteiger charge is 2.12. The van der Waals surface area contributed by atoms with Crippen LogP contribution in [0.4, 0.5) is 0 Å². The molecule has 0 spiro atoms. The lowest BCUT2D eigenvalue weighted by Crippen LogP contribution is -2.08. The number of hydrogen-bond donors (Lipinski definition) is 0. The number of aryl methyl sites for hydroxylation is 1. The summed E-state index contributed by atoms with van der Waals surface area (Å²) in [5, 5.41) is 8.92. The fraction of sp³-hybridized carbons (Fsp3) is 0.583. The van der Waals surface area contributed by atoms with E-state index in [1.165, 1.54) is 5.56 Å². The van der Waals surface area contributed by atoms with Gasteiger partial charge in [0.1, 0.15) is 5.76 Å². The number of hydrogen-bond acceptors (Lipinski definition) is 3. The van der Waals surface area contributed by atoms with Gasteiger partial charge in [-0.1, -0.05) is 13.8 Å². The molecule has 0 aliphatic rings. The zero-order valence-corrected chi connectivity index (χ0v) is 10.3. The number of rotatable bonds is 5. The van der Waals surface area contributed by atoms with Crippen molar-refractivity contribution in [3.05, 3.63) is 23.7 Å². The summed E-state index contributed by atoms with van der Waals surface area (Å²) in [7, 11) is 0. The molecule has 0 radical (unpaired) electrons. The molecule has 0 saturated heterocycles. The molecule has 0 amide bonds. The third kappa shape index (κ3) is 3.64. The van der Waals surface area contributed by atoms with Crippen LogP contribution < -0.4 is 0 Å². The zero-order valence-electron chi connectivity index (χ0n) is 9.49. The van der Waals surface area contributed by atoms with E-state index >= 15 is 0 Å². The molecule has 0 fully saturated rings.